The predicted molar refractivity (Wildman–Crippen MR) is 137 cm³/mol. The van der Waals surface area contributed by atoms with E-state index in [4.69, 9.17) is 5.26 Å². The van der Waals surface area contributed by atoms with Gasteiger partial charge in [0.25, 0.3) is 0 Å². The van der Waals surface area contributed by atoms with Gasteiger partial charge in [-0.2, -0.15) is 5.26 Å². The molecule has 0 unspecified atom stereocenters. The highest BCUT2D eigenvalue weighted by Gasteiger charge is 2.23. The number of rotatable bonds is 7. The predicted octanol–water partition coefficient (Wildman–Crippen LogP) is 4.10. The molecule has 1 saturated carbocycles. The molecule has 184 valence electrons. The van der Waals surface area contributed by atoms with Crippen molar-refractivity contribution in [3.8, 4) is 6.07 Å². The summed E-state index contributed by atoms with van der Waals surface area (Å²) in [6.45, 7) is 3.11. The van der Waals surface area contributed by atoms with Crippen LogP contribution in [0.2, 0.25) is 0 Å². The summed E-state index contributed by atoms with van der Waals surface area (Å²) in [5.41, 5.74) is 4.10. The minimum Gasteiger partial charge on any atom is -0.350 e. The molecule has 1 N–H and O–H groups in total. The van der Waals surface area contributed by atoms with E-state index in [0.29, 0.717) is 11.5 Å². The Bertz CT molecular complexity index is 1240. The van der Waals surface area contributed by atoms with E-state index < -0.39 is 9.84 Å². The van der Waals surface area contributed by atoms with E-state index in [1.54, 1.807) is 30.3 Å². The van der Waals surface area contributed by atoms with E-state index in [1.807, 2.05) is 12.1 Å². The number of carbonyl (C=O) groups is 1. The molecule has 7 heteroatoms. The maximum atomic E-state index is 12.4. The fourth-order valence-corrected chi connectivity index (χ4v) is 5.78. The number of benzene rings is 2. The summed E-state index contributed by atoms with van der Waals surface area (Å²) < 4.78 is 23.4. The average molecular weight is 492 g/mol. The molecule has 6 nitrogen and oxygen atoms in total. The van der Waals surface area contributed by atoms with Gasteiger partial charge in [-0.15, -0.1) is 0 Å². The Hall–Kier alpha value is -2.95. The Kier molecular flexibility index (Phi) is 8.04. The van der Waals surface area contributed by atoms with Gasteiger partial charge in [-0.05, 0) is 98.0 Å². The van der Waals surface area contributed by atoms with Gasteiger partial charge in [-0.1, -0.05) is 18.2 Å². The van der Waals surface area contributed by atoms with Gasteiger partial charge in [-0.25, -0.2) is 8.42 Å². The molecular formula is C28H33N3O3S. The lowest BCUT2D eigenvalue weighted by molar-refractivity contribution is -0.117. The van der Waals surface area contributed by atoms with Gasteiger partial charge in [0.2, 0.25) is 5.91 Å². The molecule has 1 amide bonds. The van der Waals surface area contributed by atoms with Crippen LogP contribution >= 0.6 is 0 Å². The van der Waals surface area contributed by atoms with Gasteiger partial charge < -0.3 is 5.32 Å². The molecule has 1 aliphatic heterocycles. The minimum absolute atomic E-state index is 0.134. The molecule has 0 atom stereocenters. The second kappa shape index (κ2) is 11.2. The number of sulfone groups is 1. The smallest absolute Gasteiger partial charge is 0.244 e. The van der Waals surface area contributed by atoms with Gasteiger partial charge in [0, 0.05) is 31.5 Å². The Labute approximate surface area is 208 Å². The van der Waals surface area contributed by atoms with E-state index in [0.717, 1.165) is 57.3 Å². The van der Waals surface area contributed by atoms with Gasteiger partial charge in [0.15, 0.2) is 9.84 Å². The van der Waals surface area contributed by atoms with E-state index in [9.17, 15) is 13.2 Å². The van der Waals surface area contributed by atoms with E-state index in [-0.39, 0.29) is 16.8 Å². The standard InChI is InChI=1S/C28H33N3O3S/c1-35(33,34)27-4-2-3-22(18-27)8-12-28(32)30-26-10-6-21(7-11-26)13-15-31-16-14-24-17-23(19-29)5-9-25(24)20-31/h2-5,8-9,12,17-18,21,26H,6-7,10-11,13-16,20H2,1H3,(H,30,32)/b12-8+/t21-,26-. The monoisotopic (exact) mass is 491 g/mol. The van der Waals surface area contributed by atoms with Gasteiger partial charge in [-0.3, -0.25) is 9.69 Å². The first-order chi connectivity index (χ1) is 16.8. The Morgan fingerprint density at radius 2 is 1.94 bits per heavy atom. The topological polar surface area (TPSA) is 90.3 Å². The van der Waals surface area contributed by atoms with Crippen LogP contribution in [0.5, 0.6) is 0 Å². The number of hydrogen-bond acceptors (Lipinski definition) is 5. The molecule has 1 aliphatic carbocycles. The van der Waals surface area contributed by atoms with Crippen molar-refractivity contribution in [1.29, 1.82) is 5.26 Å². The van der Waals surface area contributed by atoms with Gasteiger partial charge in [0.1, 0.15) is 0 Å². The summed E-state index contributed by atoms with van der Waals surface area (Å²) in [5, 5.41) is 12.2. The fraction of sp³-hybridized carbons (Fsp3) is 0.429. The third-order valence-electron chi connectivity index (χ3n) is 7.19. The summed E-state index contributed by atoms with van der Waals surface area (Å²) in [6, 6.07) is 15.1. The molecule has 2 aliphatic rings. The van der Waals surface area contributed by atoms with Crippen LogP contribution in [0.1, 0.15) is 54.4 Å². The fourth-order valence-electron chi connectivity index (χ4n) is 5.10. The molecule has 0 aromatic heterocycles. The second-order valence-electron chi connectivity index (χ2n) is 9.81. The number of nitrogens with zero attached hydrogens (tertiary/aromatic N) is 2. The lowest BCUT2D eigenvalue weighted by Gasteiger charge is -2.33. The van der Waals surface area contributed by atoms with Crippen LogP contribution in [0, 0.1) is 17.2 Å². The van der Waals surface area contributed by atoms with Crippen LogP contribution in [-0.4, -0.2) is 44.6 Å². The largest absolute Gasteiger partial charge is 0.350 e. The number of nitrogens with one attached hydrogen (secondary N) is 1. The highest BCUT2D eigenvalue weighted by Crippen LogP contribution is 2.28. The molecule has 0 spiro atoms. The zero-order valence-corrected chi connectivity index (χ0v) is 21.1. The van der Waals surface area contributed by atoms with Crippen molar-refractivity contribution >= 4 is 21.8 Å². The van der Waals surface area contributed by atoms with Crippen molar-refractivity contribution in [1.82, 2.24) is 10.2 Å². The first kappa shape index (κ1) is 25.2. The zero-order chi connectivity index (χ0) is 24.8. The highest BCUT2D eigenvalue weighted by molar-refractivity contribution is 7.90. The average Bonchev–Trinajstić information content (AvgIpc) is 2.86. The SMILES string of the molecule is CS(=O)(=O)c1cccc(/C=C/C(=O)N[C@H]2CC[C@H](CCN3CCc4cc(C#N)ccc4C3)CC2)c1. The van der Waals surface area contributed by atoms with Crippen LogP contribution in [0.25, 0.3) is 6.08 Å². The number of hydrogen-bond donors (Lipinski definition) is 1. The zero-order valence-electron chi connectivity index (χ0n) is 20.2. The first-order valence-electron chi connectivity index (χ1n) is 12.3. The number of fused-ring (bicyclic) bond motifs is 1. The molecule has 35 heavy (non-hydrogen) atoms. The molecule has 1 heterocycles. The molecule has 4 rings (SSSR count). The van der Waals surface area contributed by atoms with Crippen LogP contribution < -0.4 is 5.32 Å². The summed E-state index contributed by atoms with van der Waals surface area (Å²) in [4.78, 5) is 15.2. The summed E-state index contributed by atoms with van der Waals surface area (Å²) in [7, 11) is -3.27. The van der Waals surface area contributed by atoms with E-state index in [1.165, 1.54) is 29.9 Å². The number of nitriles is 1. The molecule has 2 aromatic rings. The molecule has 0 bridgehead atoms. The van der Waals surface area contributed by atoms with Crippen molar-refractivity contribution in [3.63, 3.8) is 0 Å². The Balaban J connectivity index is 1.18. The van der Waals surface area contributed by atoms with Crippen molar-refractivity contribution in [3.05, 3.63) is 70.8 Å². The van der Waals surface area contributed by atoms with Crippen molar-refractivity contribution < 1.29 is 13.2 Å². The van der Waals surface area contributed by atoms with Crippen LogP contribution in [0.4, 0.5) is 0 Å². The van der Waals surface area contributed by atoms with Crippen LogP contribution in [0.3, 0.4) is 0 Å². The summed E-state index contributed by atoms with van der Waals surface area (Å²) in [5.74, 6) is 0.560. The van der Waals surface area contributed by atoms with Crippen molar-refractivity contribution in [2.45, 2.75) is 56.0 Å². The third-order valence-corrected chi connectivity index (χ3v) is 8.30. The van der Waals surface area contributed by atoms with Gasteiger partial charge >= 0.3 is 0 Å². The normalized spacial score (nSPS) is 20.8. The highest BCUT2D eigenvalue weighted by atomic mass is 32.2. The quantitative estimate of drug-likeness (QED) is 0.589. The second-order valence-corrected chi connectivity index (χ2v) is 11.8. The van der Waals surface area contributed by atoms with Crippen LogP contribution in [-0.2, 0) is 27.6 Å². The minimum atomic E-state index is -3.27. The molecular weight excluding hydrogens is 458 g/mol. The lowest BCUT2D eigenvalue weighted by Crippen LogP contribution is -2.37. The summed E-state index contributed by atoms with van der Waals surface area (Å²) >= 11 is 0. The number of carbonyl (C=O) groups excluding carboxylic acids is 1. The maximum absolute atomic E-state index is 12.4. The molecule has 1 fully saturated rings. The lowest BCUT2D eigenvalue weighted by atomic mass is 9.84. The molecule has 0 radical (unpaired) electrons. The molecule has 2 aromatic carbocycles. The van der Waals surface area contributed by atoms with Crippen LogP contribution in [0.15, 0.2) is 53.4 Å². The van der Waals surface area contributed by atoms with E-state index >= 15 is 0 Å². The van der Waals surface area contributed by atoms with E-state index in [2.05, 4.69) is 22.4 Å². The number of amides is 1. The van der Waals surface area contributed by atoms with Gasteiger partial charge in [0.05, 0.1) is 16.5 Å². The summed E-state index contributed by atoms with van der Waals surface area (Å²) in [6.07, 6.45) is 10.8. The Morgan fingerprint density at radius 3 is 2.69 bits per heavy atom. The maximum Gasteiger partial charge on any atom is 0.244 e. The third kappa shape index (κ3) is 7.03. The van der Waals surface area contributed by atoms with Crippen molar-refractivity contribution in [2.24, 2.45) is 5.92 Å². The van der Waals surface area contributed by atoms with Crippen molar-refractivity contribution in [2.75, 3.05) is 19.3 Å². The first-order valence-corrected chi connectivity index (χ1v) is 14.2. The Morgan fingerprint density at radius 1 is 1.14 bits per heavy atom. The molecule has 0 saturated heterocycles.